The first-order valence-corrected chi connectivity index (χ1v) is 7.69. The van der Waals surface area contributed by atoms with Crippen molar-refractivity contribution < 1.29 is 8.42 Å². The zero-order chi connectivity index (χ0) is 13.7. The van der Waals surface area contributed by atoms with Crippen molar-refractivity contribution in [2.45, 2.75) is 30.2 Å². The van der Waals surface area contributed by atoms with Crippen LogP contribution in [0.1, 0.15) is 25.0 Å². The molecule has 1 aliphatic heterocycles. The van der Waals surface area contributed by atoms with Gasteiger partial charge in [-0.05, 0) is 44.5 Å². The van der Waals surface area contributed by atoms with Crippen LogP contribution in [-0.2, 0) is 10.0 Å². The van der Waals surface area contributed by atoms with E-state index in [2.05, 4.69) is 15.0 Å². The van der Waals surface area contributed by atoms with Gasteiger partial charge in [-0.3, -0.25) is 0 Å². The van der Waals surface area contributed by atoms with Gasteiger partial charge in [-0.25, -0.2) is 18.1 Å². The molecule has 0 saturated carbocycles. The van der Waals surface area contributed by atoms with Crippen LogP contribution in [0.2, 0.25) is 0 Å². The lowest BCUT2D eigenvalue weighted by Gasteiger charge is -2.15. The van der Waals surface area contributed by atoms with Crippen LogP contribution < -0.4 is 10.0 Å². The highest BCUT2D eigenvalue weighted by Crippen LogP contribution is 2.12. The average Bonchev–Trinajstić information content (AvgIpc) is 2.67. The van der Waals surface area contributed by atoms with E-state index in [4.69, 9.17) is 5.26 Å². The number of nitrogens with zero attached hydrogens (tertiary/aromatic N) is 2. The minimum absolute atomic E-state index is 0.0457. The van der Waals surface area contributed by atoms with Gasteiger partial charge in [0.2, 0.25) is 10.0 Å². The number of rotatable bonds is 3. The first kappa shape index (κ1) is 13.9. The molecule has 1 fully saturated rings. The molecule has 0 spiro atoms. The van der Waals surface area contributed by atoms with Gasteiger partial charge in [0, 0.05) is 12.2 Å². The number of pyridine rings is 1. The van der Waals surface area contributed by atoms with Crippen molar-refractivity contribution >= 4 is 10.0 Å². The molecule has 102 valence electrons. The summed E-state index contributed by atoms with van der Waals surface area (Å²) in [7, 11) is -3.55. The quantitative estimate of drug-likeness (QED) is 0.834. The lowest BCUT2D eigenvalue weighted by Crippen LogP contribution is -2.35. The van der Waals surface area contributed by atoms with Crippen LogP contribution in [0, 0.1) is 11.3 Å². The predicted octanol–water partition coefficient (Wildman–Crippen LogP) is 0.374. The van der Waals surface area contributed by atoms with E-state index in [-0.39, 0.29) is 16.6 Å². The molecule has 6 nitrogen and oxygen atoms in total. The summed E-state index contributed by atoms with van der Waals surface area (Å²) >= 11 is 0. The van der Waals surface area contributed by atoms with Gasteiger partial charge < -0.3 is 5.32 Å². The van der Waals surface area contributed by atoms with Crippen LogP contribution in [0.15, 0.2) is 23.2 Å². The van der Waals surface area contributed by atoms with E-state index in [9.17, 15) is 8.42 Å². The Kier molecular flexibility index (Phi) is 4.47. The van der Waals surface area contributed by atoms with E-state index >= 15 is 0 Å². The third-order valence-electron chi connectivity index (χ3n) is 3.06. The molecule has 0 aliphatic carbocycles. The van der Waals surface area contributed by atoms with E-state index in [1.807, 2.05) is 6.07 Å². The molecule has 7 heteroatoms. The third-order valence-corrected chi connectivity index (χ3v) is 4.56. The van der Waals surface area contributed by atoms with Gasteiger partial charge in [0.05, 0.1) is 0 Å². The number of sulfonamides is 1. The fraction of sp³-hybridized carbons (Fsp3) is 0.500. The van der Waals surface area contributed by atoms with Crippen molar-refractivity contribution in [3.63, 3.8) is 0 Å². The van der Waals surface area contributed by atoms with E-state index in [1.165, 1.54) is 18.3 Å². The number of aromatic nitrogens is 1. The second-order valence-corrected chi connectivity index (χ2v) is 6.20. The average molecular weight is 280 g/mol. The summed E-state index contributed by atoms with van der Waals surface area (Å²) in [6.07, 6.45) is 3.79. The Balaban J connectivity index is 2.10. The third kappa shape index (κ3) is 3.73. The van der Waals surface area contributed by atoms with Crippen molar-refractivity contribution in [3.8, 4) is 6.07 Å². The maximum atomic E-state index is 12.2. The van der Waals surface area contributed by atoms with Crippen LogP contribution in [0.25, 0.3) is 0 Å². The fourth-order valence-electron chi connectivity index (χ4n) is 2.03. The van der Waals surface area contributed by atoms with E-state index < -0.39 is 10.0 Å². The number of hydrogen-bond acceptors (Lipinski definition) is 5. The minimum atomic E-state index is -3.55. The Hall–Kier alpha value is -1.49. The first-order valence-electron chi connectivity index (χ1n) is 6.21. The van der Waals surface area contributed by atoms with Crippen molar-refractivity contribution in [1.29, 1.82) is 5.26 Å². The molecule has 0 bridgehead atoms. The number of nitriles is 1. The molecule has 1 unspecified atom stereocenters. The molecule has 2 N–H and O–H groups in total. The first-order chi connectivity index (χ1) is 9.12. The Morgan fingerprint density at radius 1 is 1.37 bits per heavy atom. The van der Waals surface area contributed by atoms with Gasteiger partial charge in [-0.1, -0.05) is 0 Å². The predicted molar refractivity (Wildman–Crippen MR) is 69.8 cm³/mol. The van der Waals surface area contributed by atoms with Gasteiger partial charge in [0.15, 0.2) is 0 Å². The Morgan fingerprint density at radius 3 is 2.89 bits per heavy atom. The summed E-state index contributed by atoms with van der Waals surface area (Å²) in [5.41, 5.74) is 0.206. The largest absolute Gasteiger partial charge is 0.317 e. The van der Waals surface area contributed by atoms with Crippen molar-refractivity contribution in [3.05, 3.63) is 24.0 Å². The summed E-state index contributed by atoms with van der Waals surface area (Å²) in [6.45, 7) is 1.75. The monoisotopic (exact) mass is 280 g/mol. The van der Waals surface area contributed by atoms with E-state index in [1.54, 1.807) is 0 Å². The highest BCUT2D eigenvalue weighted by molar-refractivity contribution is 7.89. The molecule has 2 heterocycles. The molecular weight excluding hydrogens is 264 g/mol. The maximum Gasteiger partial charge on any atom is 0.242 e. The maximum absolute atomic E-state index is 12.2. The molecule has 1 atom stereocenters. The van der Waals surface area contributed by atoms with Crippen LogP contribution in [0.5, 0.6) is 0 Å². The van der Waals surface area contributed by atoms with Gasteiger partial charge in [0.1, 0.15) is 16.7 Å². The number of nitrogens with one attached hydrogen (secondary N) is 2. The smallest absolute Gasteiger partial charge is 0.242 e. The molecular formula is C12H16N4O2S. The second-order valence-electron chi connectivity index (χ2n) is 4.49. The molecule has 1 aromatic heterocycles. The summed E-state index contributed by atoms with van der Waals surface area (Å²) in [5.74, 6) is 0. The summed E-state index contributed by atoms with van der Waals surface area (Å²) in [5, 5.41) is 11.9. The molecule has 1 aliphatic rings. The molecule has 1 aromatic rings. The molecule has 19 heavy (non-hydrogen) atoms. The lowest BCUT2D eigenvalue weighted by atomic mass is 10.1. The molecule has 0 aromatic carbocycles. The fourth-order valence-corrected chi connectivity index (χ4v) is 3.28. The molecule has 0 radical (unpaired) electrons. The molecule has 2 rings (SSSR count). The number of hydrogen-bond donors (Lipinski definition) is 2. The van der Waals surface area contributed by atoms with Gasteiger partial charge in [-0.15, -0.1) is 0 Å². The minimum Gasteiger partial charge on any atom is -0.317 e. The van der Waals surface area contributed by atoms with Crippen LogP contribution >= 0.6 is 0 Å². The van der Waals surface area contributed by atoms with Crippen LogP contribution in [-0.4, -0.2) is 32.5 Å². The summed E-state index contributed by atoms with van der Waals surface area (Å²) in [4.78, 5) is 3.88. The molecule has 0 amide bonds. The Labute approximate surface area is 112 Å². The van der Waals surface area contributed by atoms with Crippen molar-refractivity contribution in [2.24, 2.45) is 0 Å². The summed E-state index contributed by atoms with van der Waals surface area (Å²) in [6, 6.07) is 4.63. The van der Waals surface area contributed by atoms with Crippen LogP contribution in [0.3, 0.4) is 0 Å². The lowest BCUT2D eigenvalue weighted by molar-refractivity contribution is 0.518. The normalized spacial score (nSPS) is 20.5. The van der Waals surface area contributed by atoms with E-state index in [0.717, 1.165) is 32.4 Å². The van der Waals surface area contributed by atoms with Gasteiger partial charge in [0.25, 0.3) is 0 Å². The Morgan fingerprint density at radius 2 is 2.21 bits per heavy atom. The summed E-state index contributed by atoms with van der Waals surface area (Å²) < 4.78 is 27.0. The van der Waals surface area contributed by atoms with Gasteiger partial charge in [-0.2, -0.15) is 5.26 Å². The molecule has 1 saturated heterocycles. The van der Waals surface area contributed by atoms with Crippen molar-refractivity contribution in [2.75, 3.05) is 13.1 Å². The van der Waals surface area contributed by atoms with Gasteiger partial charge >= 0.3 is 0 Å². The zero-order valence-electron chi connectivity index (χ0n) is 10.5. The standard InChI is InChI=1S/C12H16N4O2S/c13-8-11-3-4-12(9-15-11)19(17,18)16-10-2-1-6-14-7-5-10/h3-4,9-10,14,16H,1-2,5-7H2. The second kappa shape index (κ2) is 6.10. The Bertz CT molecular complexity index is 554. The SMILES string of the molecule is N#Cc1ccc(S(=O)(=O)NC2CCCNCC2)cn1. The van der Waals surface area contributed by atoms with Crippen LogP contribution in [0.4, 0.5) is 0 Å². The van der Waals surface area contributed by atoms with Crippen molar-refractivity contribution in [1.82, 2.24) is 15.0 Å². The topological polar surface area (TPSA) is 94.9 Å². The van der Waals surface area contributed by atoms with E-state index in [0.29, 0.717) is 0 Å². The highest BCUT2D eigenvalue weighted by Gasteiger charge is 2.21. The zero-order valence-corrected chi connectivity index (χ0v) is 11.3. The highest BCUT2D eigenvalue weighted by atomic mass is 32.2.